The van der Waals surface area contributed by atoms with E-state index in [1.165, 1.54) is 12.2 Å². The van der Waals surface area contributed by atoms with Crippen LogP contribution in [0.1, 0.15) is 38.3 Å². The number of ether oxygens (including phenoxy) is 1. The Bertz CT molecular complexity index is 1040. The summed E-state index contributed by atoms with van der Waals surface area (Å²) in [7, 11) is -3.38. The number of hydrogen-bond donors (Lipinski definition) is 1. The smallest absolute Gasteiger partial charge is 0.241 e. The quantitative estimate of drug-likeness (QED) is 0.298. The van der Waals surface area contributed by atoms with Gasteiger partial charge in [-0.25, -0.2) is 13.4 Å². The molecule has 1 atom stereocenters. The molecule has 1 aliphatic heterocycles. The average molecular weight is 520 g/mol. The van der Waals surface area contributed by atoms with E-state index in [1.807, 2.05) is 11.8 Å². The lowest BCUT2D eigenvalue weighted by molar-refractivity contribution is -0.129. The zero-order chi connectivity index (χ0) is 26.6. The van der Waals surface area contributed by atoms with Crippen LogP contribution in [0.5, 0.6) is 0 Å². The highest BCUT2D eigenvalue weighted by atomic mass is 32.2. The lowest BCUT2D eigenvalue weighted by atomic mass is 10.1. The van der Waals surface area contributed by atoms with Gasteiger partial charge in [-0.2, -0.15) is 0 Å². The van der Waals surface area contributed by atoms with Gasteiger partial charge in [0.15, 0.2) is 9.84 Å². The largest absolute Gasteiger partial charge is 0.380 e. The fourth-order valence-electron chi connectivity index (χ4n) is 3.93. The highest BCUT2D eigenvalue weighted by Crippen LogP contribution is 2.25. The lowest BCUT2D eigenvalue weighted by Crippen LogP contribution is -2.39. The summed E-state index contributed by atoms with van der Waals surface area (Å²) in [5, 5.41) is 3.24. The number of allylic oxidation sites excluding steroid dienone is 4. The summed E-state index contributed by atoms with van der Waals surface area (Å²) < 4.78 is 31.3. The number of anilines is 1. The number of carbonyl (C=O) groups is 1. The van der Waals surface area contributed by atoms with Gasteiger partial charge in [0, 0.05) is 51.2 Å². The van der Waals surface area contributed by atoms with E-state index in [2.05, 4.69) is 35.3 Å². The van der Waals surface area contributed by atoms with E-state index in [-0.39, 0.29) is 23.3 Å². The van der Waals surface area contributed by atoms with E-state index in [1.54, 1.807) is 29.2 Å². The Morgan fingerprint density at radius 2 is 2.03 bits per heavy atom. The summed E-state index contributed by atoms with van der Waals surface area (Å²) in [6, 6.07) is 0. The molecule has 9 nitrogen and oxygen atoms in total. The maximum atomic E-state index is 13.0. The van der Waals surface area contributed by atoms with Crippen molar-refractivity contribution in [3.8, 4) is 0 Å². The van der Waals surface area contributed by atoms with Gasteiger partial charge >= 0.3 is 0 Å². The zero-order valence-corrected chi connectivity index (χ0v) is 22.7. The maximum absolute atomic E-state index is 13.0. The first-order chi connectivity index (χ1) is 17.2. The topological polar surface area (TPSA) is 96.8 Å². The summed E-state index contributed by atoms with van der Waals surface area (Å²) in [5.74, 6) is 0.479. The highest BCUT2D eigenvalue weighted by Gasteiger charge is 2.21. The molecule has 0 aliphatic carbocycles. The molecule has 0 aromatic carbocycles. The first-order valence-corrected chi connectivity index (χ1v) is 14.3. The molecule has 1 N–H and O–H groups in total. The number of aromatic nitrogens is 2. The Hall–Kier alpha value is -2.69. The van der Waals surface area contributed by atoms with E-state index in [4.69, 9.17) is 4.74 Å². The van der Waals surface area contributed by atoms with Crippen LogP contribution in [0.15, 0.2) is 48.7 Å². The second-order valence-electron chi connectivity index (χ2n) is 8.83. The Labute approximate surface area is 216 Å². The number of carbonyl (C=O) groups excluding carboxylic acids is 1. The van der Waals surface area contributed by atoms with Crippen molar-refractivity contribution < 1.29 is 17.9 Å². The van der Waals surface area contributed by atoms with Gasteiger partial charge in [-0.15, -0.1) is 0 Å². The van der Waals surface area contributed by atoms with Crippen molar-refractivity contribution in [1.29, 1.82) is 0 Å². The summed E-state index contributed by atoms with van der Waals surface area (Å²) in [6.45, 7) is 17.1. The summed E-state index contributed by atoms with van der Waals surface area (Å²) in [4.78, 5) is 21.9. The van der Waals surface area contributed by atoms with Crippen LogP contribution in [0.2, 0.25) is 0 Å². The molecule has 1 saturated heterocycles. The van der Waals surface area contributed by atoms with E-state index in [0.29, 0.717) is 18.1 Å². The van der Waals surface area contributed by atoms with Gasteiger partial charge in [0.1, 0.15) is 12.1 Å². The minimum Gasteiger partial charge on any atom is -0.380 e. The zero-order valence-electron chi connectivity index (χ0n) is 21.9. The van der Waals surface area contributed by atoms with Gasteiger partial charge in [-0.05, 0) is 31.5 Å². The third-order valence-electron chi connectivity index (χ3n) is 5.96. The Morgan fingerprint density at radius 1 is 1.25 bits per heavy atom. The van der Waals surface area contributed by atoms with E-state index >= 15 is 0 Å². The van der Waals surface area contributed by atoms with Crippen molar-refractivity contribution in [2.75, 3.05) is 64.1 Å². The maximum Gasteiger partial charge on any atom is 0.241 e. The van der Waals surface area contributed by atoms with Crippen molar-refractivity contribution >= 4 is 27.8 Å². The van der Waals surface area contributed by atoms with E-state index in [0.717, 1.165) is 58.5 Å². The lowest BCUT2D eigenvalue weighted by Gasteiger charge is -2.22. The second kappa shape index (κ2) is 14.8. The molecule has 200 valence electrons. The summed E-state index contributed by atoms with van der Waals surface area (Å²) in [6.07, 6.45) is 12.6. The summed E-state index contributed by atoms with van der Waals surface area (Å²) >= 11 is 0. The van der Waals surface area contributed by atoms with Crippen molar-refractivity contribution in [1.82, 2.24) is 19.4 Å². The Kier molecular flexibility index (Phi) is 12.1. The normalized spacial score (nSPS) is 16.6. The predicted octanol–water partition coefficient (Wildman–Crippen LogP) is 3.13. The molecule has 1 unspecified atom stereocenters. The molecule has 0 radical (unpaired) electrons. The van der Waals surface area contributed by atoms with Gasteiger partial charge in [-0.1, -0.05) is 39.2 Å². The Morgan fingerprint density at radius 3 is 2.69 bits per heavy atom. The van der Waals surface area contributed by atoms with Crippen LogP contribution in [-0.4, -0.2) is 92.4 Å². The highest BCUT2D eigenvalue weighted by molar-refractivity contribution is 7.94. The van der Waals surface area contributed by atoms with Gasteiger partial charge in [-0.3, -0.25) is 14.3 Å². The molecule has 0 spiro atoms. The molecular formula is C26H41N5O4S. The molecule has 2 rings (SSSR count). The van der Waals surface area contributed by atoms with Gasteiger partial charge in [0.25, 0.3) is 0 Å². The van der Waals surface area contributed by atoms with Crippen molar-refractivity contribution in [2.24, 2.45) is 0 Å². The first-order valence-electron chi connectivity index (χ1n) is 12.4. The van der Waals surface area contributed by atoms with Crippen LogP contribution in [0.25, 0.3) is 6.20 Å². The van der Waals surface area contributed by atoms with E-state index < -0.39 is 9.84 Å². The Balaban J connectivity index is 2.01. The second-order valence-corrected chi connectivity index (χ2v) is 10.9. The van der Waals surface area contributed by atoms with Gasteiger partial charge < -0.3 is 15.0 Å². The van der Waals surface area contributed by atoms with Crippen LogP contribution in [0.3, 0.4) is 0 Å². The number of nitrogens with one attached hydrogen (secondary N) is 1. The molecule has 10 heteroatoms. The fourth-order valence-corrected chi connectivity index (χ4v) is 4.60. The number of imidazole rings is 1. The predicted molar refractivity (Wildman–Crippen MR) is 147 cm³/mol. The minimum atomic E-state index is -3.38. The van der Waals surface area contributed by atoms with Crippen molar-refractivity contribution in [3.63, 3.8) is 0 Å². The monoisotopic (exact) mass is 519 g/mol. The molecule has 1 amide bonds. The molecule has 2 heterocycles. The van der Waals surface area contributed by atoms with Gasteiger partial charge in [0.2, 0.25) is 5.91 Å². The van der Waals surface area contributed by atoms with E-state index in [9.17, 15) is 13.2 Å². The number of amides is 1. The standard InChI is InChI=1S/C26H41N5O4S/c1-6-10-23(36(5,33)34)12-11-22(4)25-26(30(8-3)21-28-25)27-20-24(32)31-14-9-13-29(15-16-31)17-19-35-18-7-2/h6,8,10-12,21-22,27H,1,3,7,9,13-20H2,2,4-5H3/b12-11-,23-10?. The molecule has 36 heavy (non-hydrogen) atoms. The van der Waals surface area contributed by atoms with Crippen LogP contribution >= 0.6 is 0 Å². The SMILES string of the molecule is C=CC=C(/C=C\C(C)c1ncn(C=C)c1NCC(=O)N1CCCN(CCOCCC)CC1)S(C)(=O)=O. The molecule has 0 saturated carbocycles. The average Bonchev–Trinajstić information content (AvgIpc) is 3.11. The number of hydrogen-bond acceptors (Lipinski definition) is 7. The fraction of sp³-hybridized carbons (Fsp3) is 0.538. The molecule has 0 bridgehead atoms. The molecule has 1 aromatic heterocycles. The van der Waals surface area contributed by atoms with Crippen LogP contribution in [0, 0.1) is 0 Å². The van der Waals surface area contributed by atoms with Crippen LogP contribution < -0.4 is 5.32 Å². The molecule has 1 fully saturated rings. The molecule has 1 aromatic rings. The van der Waals surface area contributed by atoms with Crippen molar-refractivity contribution in [2.45, 2.75) is 32.6 Å². The number of rotatable bonds is 14. The number of sulfone groups is 1. The minimum absolute atomic E-state index is 0.0262. The third kappa shape index (κ3) is 9.07. The third-order valence-corrected chi connectivity index (χ3v) is 7.09. The first kappa shape index (κ1) is 29.5. The number of nitrogens with zero attached hydrogens (tertiary/aromatic N) is 4. The van der Waals surface area contributed by atoms with Gasteiger partial charge in [0.05, 0.1) is 23.8 Å². The summed E-state index contributed by atoms with van der Waals surface area (Å²) in [5.41, 5.74) is 0.694. The van der Waals surface area contributed by atoms with Crippen LogP contribution in [-0.2, 0) is 19.4 Å². The molecule has 1 aliphatic rings. The van der Waals surface area contributed by atoms with Crippen molar-refractivity contribution in [3.05, 3.63) is 54.4 Å². The molecular weight excluding hydrogens is 478 g/mol. The van der Waals surface area contributed by atoms with Crippen LogP contribution in [0.4, 0.5) is 5.82 Å².